The largest absolute Gasteiger partial charge is 0.461 e. The topological polar surface area (TPSA) is 77.7 Å². The van der Waals surface area contributed by atoms with Crippen molar-refractivity contribution in [1.82, 2.24) is 4.98 Å². The lowest BCUT2D eigenvalue weighted by Crippen LogP contribution is -2.39. The fourth-order valence-corrected chi connectivity index (χ4v) is 4.56. The molecule has 1 fully saturated rings. The molecule has 1 unspecified atom stereocenters. The van der Waals surface area contributed by atoms with Gasteiger partial charge in [-0.1, -0.05) is 13.8 Å². The number of nitrogen functional groups attached to an aromatic ring is 1. The van der Waals surface area contributed by atoms with Gasteiger partial charge in [-0.25, -0.2) is 22.9 Å². The van der Waals surface area contributed by atoms with E-state index in [0.717, 1.165) is 25.0 Å². The maximum absolute atomic E-state index is 14.4. The highest BCUT2D eigenvalue weighted by molar-refractivity contribution is 5.92. The van der Waals surface area contributed by atoms with E-state index in [-0.39, 0.29) is 22.4 Å². The summed E-state index contributed by atoms with van der Waals surface area (Å²) in [4.78, 5) is 19.9. The summed E-state index contributed by atoms with van der Waals surface area (Å²) in [5.74, 6) is -4.86. The summed E-state index contributed by atoms with van der Waals surface area (Å²) in [6, 6.07) is 1.79. The van der Waals surface area contributed by atoms with Gasteiger partial charge in [0.05, 0.1) is 17.4 Å². The first-order valence-electron chi connectivity index (χ1n) is 12.6. The molecule has 9 heteroatoms. The molecule has 3 rings (SSSR count). The third kappa shape index (κ3) is 6.55. The van der Waals surface area contributed by atoms with Crippen molar-refractivity contribution >= 4 is 17.5 Å². The van der Waals surface area contributed by atoms with E-state index in [0.29, 0.717) is 30.0 Å². The quantitative estimate of drug-likeness (QED) is 0.346. The Balaban J connectivity index is 2.36. The van der Waals surface area contributed by atoms with Crippen molar-refractivity contribution in [2.24, 2.45) is 5.41 Å². The van der Waals surface area contributed by atoms with Crippen molar-refractivity contribution in [3.8, 4) is 11.1 Å². The Morgan fingerprint density at radius 1 is 1.11 bits per heavy atom. The van der Waals surface area contributed by atoms with Crippen LogP contribution in [0, 0.1) is 29.8 Å². The minimum atomic E-state index is -1.57. The number of hydrogen-bond donors (Lipinski definition) is 1. The van der Waals surface area contributed by atoms with Crippen LogP contribution in [0.5, 0.6) is 0 Å². The third-order valence-electron chi connectivity index (χ3n) is 6.43. The molecule has 1 aliphatic heterocycles. The molecule has 0 bridgehead atoms. The molecule has 2 heterocycles. The zero-order valence-corrected chi connectivity index (χ0v) is 23.0. The maximum atomic E-state index is 14.4. The number of halogens is 3. The summed E-state index contributed by atoms with van der Waals surface area (Å²) in [5.41, 5.74) is 7.29. The van der Waals surface area contributed by atoms with E-state index in [4.69, 9.17) is 15.2 Å². The number of anilines is 2. The SMILES string of the molecule is Cc1nc(N)c(-c2cc(F)c(F)c(F)c2)c(N2CCC(C)(C)CC2)c1C(OC(C)(C)C)C(=O)OC(C)C. The molecule has 6 nitrogen and oxygen atoms in total. The smallest absolute Gasteiger partial charge is 0.340 e. The molecule has 0 aliphatic carbocycles. The Kier molecular flexibility index (Phi) is 8.17. The summed E-state index contributed by atoms with van der Waals surface area (Å²) < 4.78 is 54.4. The van der Waals surface area contributed by atoms with Crippen molar-refractivity contribution in [3.05, 3.63) is 40.8 Å². The molecule has 0 amide bonds. The molecular formula is C28H38F3N3O3. The Bertz CT molecular complexity index is 1140. The van der Waals surface area contributed by atoms with E-state index in [2.05, 4.69) is 18.8 Å². The maximum Gasteiger partial charge on any atom is 0.340 e. The van der Waals surface area contributed by atoms with Crippen molar-refractivity contribution in [2.45, 2.75) is 86.0 Å². The highest BCUT2D eigenvalue weighted by Gasteiger charge is 2.38. The van der Waals surface area contributed by atoms with Crippen LogP contribution in [0.25, 0.3) is 11.1 Å². The minimum Gasteiger partial charge on any atom is -0.461 e. The number of benzene rings is 1. The van der Waals surface area contributed by atoms with Crippen LogP contribution in [0.4, 0.5) is 24.7 Å². The van der Waals surface area contributed by atoms with E-state index in [1.54, 1.807) is 20.8 Å². The van der Waals surface area contributed by atoms with Gasteiger partial charge < -0.3 is 20.1 Å². The molecule has 0 spiro atoms. The van der Waals surface area contributed by atoms with Crippen LogP contribution in [0.1, 0.15) is 78.7 Å². The van der Waals surface area contributed by atoms with Crippen LogP contribution in [-0.4, -0.2) is 35.7 Å². The van der Waals surface area contributed by atoms with Crippen LogP contribution in [0.15, 0.2) is 12.1 Å². The summed E-state index contributed by atoms with van der Waals surface area (Å²) in [5, 5.41) is 0. The fourth-order valence-electron chi connectivity index (χ4n) is 4.56. The zero-order valence-electron chi connectivity index (χ0n) is 23.0. The summed E-state index contributed by atoms with van der Waals surface area (Å²) in [6.45, 7) is 16.2. The first kappa shape index (κ1) is 28.8. The average Bonchev–Trinajstić information content (AvgIpc) is 2.74. The molecule has 2 N–H and O–H groups in total. The van der Waals surface area contributed by atoms with Gasteiger partial charge in [0, 0.05) is 29.9 Å². The highest BCUT2D eigenvalue weighted by Crippen LogP contribution is 2.46. The molecule has 204 valence electrons. The number of aryl methyl sites for hydroxylation is 1. The van der Waals surface area contributed by atoms with Crippen molar-refractivity contribution < 1.29 is 27.4 Å². The Morgan fingerprint density at radius 2 is 1.65 bits per heavy atom. The van der Waals surface area contributed by atoms with Crippen molar-refractivity contribution in [2.75, 3.05) is 23.7 Å². The second-order valence-corrected chi connectivity index (χ2v) is 11.7. The standard InChI is InChI=1S/C28H38F3N3O3/c1-15(2)36-26(35)24(37-27(4,5)6)20-16(3)33-25(32)21(17-13-18(29)22(31)19(30)14-17)23(20)34-11-9-28(7,8)10-12-34/h13-15,24H,9-12H2,1-8H3,(H2,32,33). The number of carbonyl (C=O) groups excluding carboxylic acids is 1. The zero-order chi connectivity index (χ0) is 27.9. The molecular weight excluding hydrogens is 483 g/mol. The number of nitrogens with two attached hydrogens (primary N) is 1. The summed E-state index contributed by atoms with van der Waals surface area (Å²) in [6.07, 6.45) is 0.0788. The van der Waals surface area contributed by atoms with Crippen LogP contribution in [0.3, 0.4) is 0 Å². The number of rotatable bonds is 6. The highest BCUT2D eigenvalue weighted by atomic mass is 19.2. The lowest BCUT2D eigenvalue weighted by Gasteiger charge is -2.41. The predicted molar refractivity (Wildman–Crippen MR) is 139 cm³/mol. The van der Waals surface area contributed by atoms with Gasteiger partial charge in [-0.15, -0.1) is 0 Å². The molecule has 1 aromatic heterocycles. The normalized spacial score (nSPS) is 16.7. The second-order valence-electron chi connectivity index (χ2n) is 11.7. The number of nitrogens with zero attached hydrogens (tertiary/aromatic N) is 2. The van der Waals surface area contributed by atoms with Crippen LogP contribution < -0.4 is 10.6 Å². The van der Waals surface area contributed by atoms with E-state index < -0.39 is 41.2 Å². The molecule has 1 saturated heterocycles. The van der Waals surface area contributed by atoms with Crippen molar-refractivity contribution in [3.63, 3.8) is 0 Å². The number of esters is 1. The minimum absolute atomic E-state index is 0.0122. The predicted octanol–water partition coefficient (Wildman–Crippen LogP) is 6.49. The van der Waals surface area contributed by atoms with Crippen molar-refractivity contribution in [1.29, 1.82) is 0 Å². The van der Waals surface area contributed by atoms with Gasteiger partial charge in [-0.05, 0) is 77.5 Å². The molecule has 1 aliphatic rings. The van der Waals surface area contributed by atoms with E-state index in [1.165, 1.54) is 0 Å². The molecule has 0 radical (unpaired) electrons. The fraction of sp³-hybridized carbons (Fsp3) is 0.571. The van der Waals surface area contributed by atoms with Gasteiger partial charge in [-0.3, -0.25) is 0 Å². The number of hydrogen-bond acceptors (Lipinski definition) is 6. The van der Waals surface area contributed by atoms with Crippen LogP contribution in [0.2, 0.25) is 0 Å². The molecule has 2 aromatic rings. The lowest BCUT2D eigenvalue weighted by atomic mass is 9.82. The van der Waals surface area contributed by atoms with Gasteiger partial charge in [0.15, 0.2) is 23.6 Å². The van der Waals surface area contributed by atoms with Gasteiger partial charge in [0.2, 0.25) is 0 Å². The van der Waals surface area contributed by atoms with E-state index >= 15 is 0 Å². The molecule has 1 aromatic carbocycles. The second kappa shape index (κ2) is 10.5. The summed E-state index contributed by atoms with van der Waals surface area (Å²) >= 11 is 0. The van der Waals surface area contributed by atoms with Crippen LogP contribution in [-0.2, 0) is 14.3 Å². The monoisotopic (exact) mass is 521 g/mol. The van der Waals surface area contributed by atoms with Gasteiger partial charge in [0.1, 0.15) is 5.82 Å². The number of ether oxygens (including phenoxy) is 2. The van der Waals surface area contributed by atoms with Gasteiger partial charge >= 0.3 is 5.97 Å². The average molecular weight is 522 g/mol. The number of pyridine rings is 1. The molecule has 0 saturated carbocycles. The number of carbonyl (C=O) groups is 1. The Morgan fingerprint density at radius 3 is 2.14 bits per heavy atom. The summed E-state index contributed by atoms with van der Waals surface area (Å²) in [7, 11) is 0. The molecule has 37 heavy (non-hydrogen) atoms. The van der Waals surface area contributed by atoms with Gasteiger partial charge in [0.25, 0.3) is 0 Å². The number of aromatic nitrogens is 1. The van der Waals surface area contributed by atoms with E-state index in [1.807, 2.05) is 25.7 Å². The van der Waals surface area contributed by atoms with Gasteiger partial charge in [-0.2, -0.15) is 0 Å². The molecule has 1 atom stereocenters. The Labute approximate surface area is 217 Å². The van der Waals surface area contributed by atoms with E-state index in [9.17, 15) is 18.0 Å². The first-order chi connectivity index (χ1) is 17.0. The Hall–Kier alpha value is -2.81. The lowest BCUT2D eigenvalue weighted by molar-refractivity contribution is -0.171. The van der Waals surface area contributed by atoms with Crippen LogP contribution >= 0.6 is 0 Å². The number of piperidine rings is 1. The first-order valence-corrected chi connectivity index (χ1v) is 12.6. The third-order valence-corrected chi connectivity index (χ3v) is 6.43.